The third-order valence-electron chi connectivity index (χ3n) is 7.89. The van der Waals surface area contributed by atoms with Gasteiger partial charge in [0.2, 0.25) is 0 Å². The van der Waals surface area contributed by atoms with Gasteiger partial charge in [0.25, 0.3) is 0 Å². The van der Waals surface area contributed by atoms with Crippen molar-refractivity contribution in [1.82, 2.24) is 19.9 Å². The van der Waals surface area contributed by atoms with Gasteiger partial charge in [-0.15, -0.1) is 0 Å². The minimum Gasteiger partial charge on any atom is -0.423 e. The fourth-order valence-corrected chi connectivity index (χ4v) is 5.85. The molecule has 6 nitrogen and oxygen atoms in total. The van der Waals surface area contributed by atoms with Crippen molar-refractivity contribution in [2.45, 2.75) is 0 Å². The lowest BCUT2D eigenvalue weighted by Crippen LogP contribution is -2.29. The van der Waals surface area contributed by atoms with Gasteiger partial charge >= 0.3 is 7.12 Å². The highest BCUT2D eigenvalue weighted by Crippen LogP contribution is 2.29. The Labute approximate surface area is 329 Å². The molecule has 0 fully saturated rings. The Kier molecular flexibility index (Phi) is 13.3. The average Bonchev–Trinajstić information content (AvgIpc) is 3.22. The van der Waals surface area contributed by atoms with Gasteiger partial charge in [-0.3, -0.25) is 0 Å². The monoisotopic (exact) mass is 764 g/mol. The Hall–Kier alpha value is -5.67. The van der Waals surface area contributed by atoms with Crippen LogP contribution in [0.4, 0.5) is 0 Å². The van der Waals surface area contributed by atoms with Crippen molar-refractivity contribution in [2.24, 2.45) is 0 Å². The van der Waals surface area contributed by atoms with Crippen LogP contribution in [0.1, 0.15) is 0 Å². The van der Waals surface area contributed by atoms with Crippen LogP contribution >= 0.6 is 34.8 Å². The second-order valence-corrected chi connectivity index (χ2v) is 13.0. The molecule has 0 aliphatic carbocycles. The van der Waals surface area contributed by atoms with E-state index >= 15 is 0 Å². The molecule has 10 heteroatoms. The standard InChI is InChI=1S/C22H15ClN2.C16H11ClN2.C6H6BClO2/c23-19-13-7-12-18(14-19)21-15-20(16-8-3-1-4-9-16)24-22(25-21)17-10-5-2-6-11-17;17-15-11-14(12-7-3-1-4-8-12)18-16(19-15)13-9-5-2-6-10-13;8-6-3-1-2-5(4-6)7(9)10/h1-15H;1-11H;1-4,9-10H. The van der Waals surface area contributed by atoms with Crippen molar-refractivity contribution in [3.8, 4) is 56.5 Å². The van der Waals surface area contributed by atoms with Crippen LogP contribution in [0.3, 0.4) is 0 Å². The van der Waals surface area contributed by atoms with Crippen LogP contribution in [-0.2, 0) is 0 Å². The number of nitrogens with zero attached hydrogens (tertiary/aromatic N) is 4. The fourth-order valence-electron chi connectivity index (χ4n) is 5.27. The molecular weight excluding hydrogens is 734 g/mol. The first-order chi connectivity index (χ1) is 26.3. The van der Waals surface area contributed by atoms with Crippen molar-refractivity contribution >= 4 is 47.4 Å². The van der Waals surface area contributed by atoms with E-state index in [0.717, 1.165) is 44.9 Å². The van der Waals surface area contributed by atoms with E-state index in [1.54, 1.807) is 24.3 Å². The summed E-state index contributed by atoms with van der Waals surface area (Å²) >= 11 is 17.8. The van der Waals surface area contributed by atoms with Gasteiger partial charge in [-0.25, -0.2) is 19.9 Å². The maximum atomic E-state index is 8.65. The van der Waals surface area contributed by atoms with Crippen molar-refractivity contribution in [1.29, 1.82) is 0 Å². The number of hydrogen-bond donors (Lipinski definition) is 2. The lowest BCUT2D eigenvalue weighted by atomic mass is 9.81. The second-order valence-electron chi connectivity index (χ2n) is 11.8. The van der Waals surface area contributed by atoms with Crippen LogP contribution in [-0.4, -0.2) is 37.1 Å². The summed E-state index contributed by atoms with van der Waals surface area (Å²) in [4.78, 5) is 18.4. The van der Waals surface area contributed by atoms with Gasteiger partial charge in [0, 0.05) is 43.9 Å². The minimum absolute atomic E-state index is 0.410. The molecule has 0 bridgehead atoms. The lowest BCUT2D eigenvalue weighted by Gasteiger charge is -2.09. The molecule has 8 aromatic rings. The fraction of sp³-hybridized carbons (Fsp3) is 0. The lowest BCUT2D eigenvalue weighted by molar-refractivity contribution is 0.426. The molecule has 54 heavy (non-hydrogen) atoms. The SMILES string of the molecule is Clc1cc(-c2ccccc2)nc(-c2ccccc2)n1.Clc1cccc(-c2cc(-c3ccccc3)nc(-c3ccccc3)n2)c1.OB(O)c1cccc(Cl)c1. The van der Waals surface area contributed by atoms with Crippen molar-refractivity contribution in [3.05, 3.63) is 197 Å². The van der Waals surface area contributed by atoms with Gasteiger partial charge in [0.05, 0.1) is 17.1 Å². The van der Waals surface area contributed by atoms with Crippen LogP contribution in [0.15, 0.2) is 182 Å². The third-order valence-corrected chi connectivity index (χ3v) is 8.56. The average molecular weight is 766 g/mol. The van der Waals surface area contributed by atoms with Gasteiger partial charge < -0.3 is 10.0 Å². The summed E-state index contributed by atoms with van der Waals surface area (Å²) in [5.74, 6) is 1.35. The quantitative estimate of drug-likeness (QED) is 0.129. The summed E-state index contributed by atoms with van der Waals surface area (Å²) in [6, 6.07) is 57.9. The summed E-state index contributed by atoms with van der Waals surface area (Å²) < 4.78 is 0. The minimum atomic E-state index is -1.43. The number of benzene rings is 6. The summed E-state index contributed by atoms with van der Waals surface area (Å²) in [5.41, 5.74) is 8.01. The van der Waals surface area contributed by atoms with E-state index in [-0.39, 0.29) is 0 Å². The maximum Gasteiger partial charge on any atom is 0.488 e. The molecule has 2 heterocycles. The van der Waals surface area contributed by atoms with E-state index < -0.39 is 7.12 Å². The molecule has 0 unspecified atom stereocenters. The summed E-state index contributed by atoms with van der Waals surface area (Å²) in [6.07, 6.45) is 0. The Morgan fingerprint density at radius 1 is 0.352 bits per heavy atom. The van der Waals surface area contributed by atoms with E-state index in [0.29, 0.717) is 32.3 Å². The van der Waals surface area contributed by atoms with Crippen LogP contribution in [0.5, 0.6) is 0 Å². The van der Waals surface area contributed by atoms with Crippen molar-refractivity contribution < 1.29 is 10.0 Å². The Morgan fingerprint density at radius 3 is 1.19 bits per heavy atom. The van der Waals surface area contributed by atoms with Crippen LogP contribution in [0.2, 0.25) is 15.2 Å². The molecule has 6 aromatic carbocycles. The smallest absolute Gasteiger partial charge is 0.423 e. The summed E-state index contributed by atoms with van der Waals surface area (Å²) in [6.45, 7) is 0. The highest BCUT2D eigenvalue weighted by molar-refractivity contribution is 6.59. The summed E-state index contributed by atoms with van der Waals surface area (Å²) in [7, 11) is -1.43. The van der Waals surface area contributed by atoms with Crippen molar-refractivity contribution in [2.75, 3.05) is 0 Å². The molecule has 0 radical (unpaired) electrons. The molecule has 0 aliphatic heterocycles. The highest BCUT2D eigenvalue weighted by atomic mass is 35.5. The Bertz CT molecular complexity index is 2290. The molecule has 0 atom stereocenters. The molecule has 264 valence electrons. The first-order valence-corrected chi connectivity index (χ1v) is 18.0. The zero-order valence-electron chi connectivity index (χ0n) is 28.7. The highest BCUT2D eigenvalue weighted by Gasteiger charge is 2.11. The third kappa shape index (κ3) is 10.7. The first-order valence-electron chi connectivity index (χ1n) is 16.9. The number of rotatable bonds is 6. The van der Waals surface area contributed by atoms with Gasteiger partial charge in [-0.2, -0.15) is 0 Å². The molecule has 0 amide bonds. The van der Waals surface area contributed by atoms with E-state index in [4.69, 9.17) is 54.8 Å². The molecule has 0 aliphatic rings. The predicted octanol–water partition coefficient (Wildman–Crippen LogP) is 10.6. The molecule has 0 saturated carbocycles. The molecule has 2 aromatic heterocycles. The van der Waals surface area contributed by atoms with E-state index in [1.165, 1.54) is 6.07 Å². The second kappa shape index (κ2) is 18.9. The summed E-state index contributed by atoms with van der Waals surface area (Å²) in [5, 5.41) is 18.9. The van der Waals surface area contributed by atoms with Crippen LogP contribution < -0.4 is 5.46 Å². The van der Waals surface area contributed by atoms with Gasteiger partial charge in [-0.1, -0.05) is 180 Å². The number of aromatic nitrogens is 4. The van der Waals surface area contributed by atoms with Gasteiger partial charge in [0.1, 0.15) is 5.15 Å². The van der Waals surface area contributed by atoms with E-state index in [9.17, 15) is 0 Å². The molecule has 8 rings (SSSR count). The number of halogens is 3. The van der Waals surface area contributed by atoms with Crippen LogP contribution in [0.25, 0.3) is 56.5 Å². The molecule has 0 spiro atoms. The van der Waals surface area contributed by atoms with E-state index in [1.807, 2.05) is 140 Å². The first kappa shape index (κ1) is 38.1. The Balaban J connectivity index is 0.000000151. The zero-order valence-corrected chi connectivity index (χ0v) is 31.0. The van der Waals surface area contributed by atoms with E-state index in [2.05, 4.69) is 22.1 Å². The van der Waals surface area contributed by atoms with Crippen LogP contribution in [0, 0.1) is 0 Å². The normalized spacial score (nSPS) is 10.3. The zero-order chi connectivity index (χ0) is 37.7. The molecule has 2 N–H and O–H groups in total. The van der Waals surface area contributed by atoms with Gasteiger partial charge in [0.15, 0.2) is 11.6 Å². The van der Waals surface area contributed by atoms with Crippen molar-refractivity contribution in [3.63, 3.8) is 0 Å². The Morgan fingerprint density at radius 2 is 0.741 bits per heavy atom. The topological polar surface area (TPSA) is 92.0 Å². The molecule has 0 saturated heterocycles. The van der Waals surface area contributed by atoms with Gasteiger partial charge in [-0.05, 0) is 35.8 Å². The molecular formula is C44H32BCl3N4O2. The number of hydrogen-bond acceptors (Lipinski definition) is 6. The predicted molar refractivity (Wildman–Crippen MR) is 223 cm³/mol. The maximum absolute atomic E-state index is 8.65. The largest absolute Gasteiger partial charge is 0.488 e.